The molecule has 0 saturated heterocycles. The molecule has 1 heterocycles. The molecule has 1 saturated carbocycles. The third-order valence-corrected chi connectivity index (χ3v) is 8.31. The summed E-state index contributed by atoms with van der Waals surface area (Å²) >= 11 is 0. The zero-order valence-electron chi connectivity index (χ0n) is 22.1. The Morgan fingerprint density at radius 2 is 1.83 bits per heavy atom. The first-order valence-corrected chi connectivity index (χ1v) is 16.4. The predicted octanol–water partition coefficient (Wildman–Crippen LogP) is 5.33. The Bertz CT molecular complexity index is 1030. The average Bonchev–Trinajstić information content (AvgIpc) is 3.15. The lowest BCUT2D eigenvalue weighted by Crippen LogP contribution is -2.48. The van der Waals surface area contributed by atoms with Gasteiger partial charge < -0.3 is 25.2 Å². The molecule has 0 spiro atoms. The first kappa shape index (κ1) is 27.7. The quantitative estimate of drug-likeness (QED) is 0.275. The number of amides is 2. The normalized spacial score (nSPS) is 15.4. The van der Waals surface area contributed by atoms with Gasteiger partial charge in [-0.25, -0.2) is 9.48 Å². The molecule has 1 unspecified atom stereocenters. The molecule has 0 aliphatic heterocycles. The van der Waals surface area contributed by atoms with E-state index < -0.39 is 20.2 Å². The summed E-state index contributed by atoms with van der Waals surface area (Å²) in [6.07, 6.45) is 3.68. The number of hydrogen-bond donors (Lipinski definition) is 3. The van der Waals surface area contributed by atoms with Crippen molar-refractivity contribution in [3.05, 3.63) is 30.0 Å². The molecule has 198 valence electrons. The first-order valence-electron chi connectivity index (χ1n) is 12.7. The molecule has 1 aliphatic rings. The third kappa shape index (κ3) is 7.57. The maximum Gasteiger partial charge on any atom is 0.405 e. The summed E-state index contributed by atoms with van der Waals surface area (Å²) < 4.78 is 13.3. The molecule has 1 aromatic carbocycles. The minimum absolute atomic E-state index is 0.0137. The van der Waals surface area contributed by atoms with Crippen LogP contribution in [0.25, 0.3) is 11.1 Å². The Morgan fingerprint density at radius 1 is 1.17 bits per heavy atom. The number of ether oxygens (including phenoxy) is 2. The van der Waals surface area contributed by atoms with E-state index in [0.29, 0.717) is 24.9 Å². The predicted molar refractivity (Wildman–Crippen MR) is 143 cm³/mol. The van der Waals surface area contributed by atoms with Crippen LogP contribution in [0.5, 0.6) is 5.88 Å². The van der Waals surface area contributed by atoms with Crippen molar-refractivity contribution in [2.45, 2.75) is 77.5 Å². The van der Waals surface area contributed by atoms with E-state index in [9.17, 15) is 14.7 Å². The highest BCUT2D eigenvalue weighted by molar-refractivity contribution is 6.76. The Kier molecular flexibility index (Phi) is 9.55. The van der Waals surface area contributed by atoms with Crippen LogP contribution in [0, 0.1) is 12.8 Å². The second-order valence-corrected chi connectivity index (χ2v) is 16.3. The van der Waals surface area contributed by atoms with Crippen LogP contribution in [0.3, 0.4) is 0 Å². The number of carbonyl (C=O) groups is 2. The fourth-order valence-corrected chi connectivity index (χ4v) is 5.41. The van der Waals surface area contributed by atoms with Gasteiger partial charge in [0, 0.05) is 20.4 Å². The smallest absolute Gasteiger partial charge is 0.405 e. The van der Waals surface area contributed by atoms with Crippen LogP contribution in [0.4, 0.5) is 10.5 Å². The van der Waals surface area contributed by atoms with Gasteiger partial charge in [-0.15, -0.1) is 0 Å². The van der Waals surface area contributed by atoms with E-state index in [2.05, 4.69) is 35.4 Å². The van der Waals surface area contributed by atoms with E-state index in [4.69, 9.17) is 9.47 Å². The summed E-state index contributed by atoms with van der Waals surface area (Å²) in [4.78, 5) is 24.3. The molecule has 0 bridgehead atoms. The summed E-state index contributed by atoms with van der Waals surface area (Å²) in [5, 5.41) is 19.2. The Hall–Kier alpha value is -2.85. The Balaban J connectivity index is 1.70. The number of methoxy groups -OCH3 is 1. The van der Waals surface area contributed by atoms with Gasteiger partial charge in [0.25, 0.3) is 0 Å². The second kappa shape index (κ2) is 12.4. The maximum atomic E-state index is 13.0. The van der Waals surface area contributed by atoms with Gasteiger partial charge in [0.1, 0.15) is 12.8 Å². The van der Waals surface area contributed by atoms with Crippen molar-refractivity contribution in [3.63, 3.8) is 0 Å². The largest absolute Gasteiger partial charge is 0.481 e. The summed E-state index contributed by atoms with van der Waals surface area (Å²) in [5.41, 5.74) is 3.20. The highest BCUT2D eigenvalue weighted by atomic mass is 28.3. The maximum absolute atomic E-state index is 13.0. The number of benzene rings is 1. The molecule has 3 rings (SSSR count). The third-order valence-electron chi connectivity index (χ3n) is 6.61. The number of hydrogen-bond acceptors (Lipinski definition) is 5. The number of aryl methyl sites for hydroxylation is 1. The molecule has 2 aromatic rings. The standard InChI is InChI=1S/C26H40N4O5Si/c1-18-22(25(34-2)30(29-18)17-35-15-16-36(3,4)5)19-11-13-21(14-12-19)27-24(31)23(28-26(32)33)20-9-7-6-8-10-20/h11-14,20,23,28H,6-10,15-17H2,1-5H3,(H,27,31)(H,32,33). The minimum atomic E-state index is -1.18. The number of nitrogens with zero attached hydrogens (tertiary/aromatic N) is 2. The van der Waals surface area contributed by atoms with Crippen LogP contribution in [0.1, 0.15) is 37.8 Å². The van der Waals surface area contributed by atoms with Crippen LogP contribution in [-0.4, -0.2) is 54.7 Å². The number of nitrogens with one attached hydrogen (secondary N) is 2. The van der Waals surface area contributed by atoms with Crippen molar-refractivity contribution in [1.29, 1.82) is 0 Å². The van der Waals surface area contributed by atoms with E-state index in [0.717, 1.165) is 55.0 Å². The molecule has 36 heavy (non-hydrogen) atoms. The minimum Gasteiger partial charge on any atom is -0.481 e. The summed E-state index contributed by atoms with van der Waals surface area (Å²) in [7, 11) is 0.452. The molecule has 9 nitrogen and oxygen atoms in total. The van der Waals surface area contributed by atoms with Gasteiger partial charge in [0.15, 0.2) is 0 Å². The number of aromatic nitrogens is 2. The summed E-state index contributed by atoms with van der Waals surface area (Å²) in [6.45, 7) is 9.90. The monoisotopic (exact) mass is 516 g/mol. The van der Waals surface area contributed by atoms with Crippen LogP contribution in [-0.2, 0) is 16.3 Å². The van der Waals surface area contributed by atoms with Crippen molar-refractivity contribution in [2.75, 3.05) is 19.0 Å². The van der Waals surface area contributed by atoms with Crippen LogP contribution >= 0.6 is 0 Å². The van der Waals surface area contributed by atoms with Gasteiger partial charge in [-0.3, -0.25) is 4.79 Å². The van der Waals surface area contributed by atoms with Crippen molar-refractivity contribution in [3.8, 4) is 17.0 Å². The van der Waals surface area contributed by atoms with E-state index in [1.165, 1.54) is 0 Å². The lowest BCUT2D eigenvalue weighted by atomic mass is 9.83. The Morgan fingerprint density at radius 3 is 2.42 bits per heavy atom. The molecule has 1 aliphatic carbocycles. The summed E-state index contributed by atoms with van der Waals surface area (Å²) in [6, 6.07) is 7.75. The molecule has 3 N–H and O–H groups in total. The molecule has 10 heteroatoms. The van der Waals surface area contributed by atoms with Crippen molar-refractivity contribution >= 4 is 25.8 Å². The number of carbonyl (C=O) groups excluding carboxylic acids is 1. The number of anilines is 1. The average molecular weight is 517 g/mol. The van der Waals surface area contributed by atoms with Crippen LogP contribution in [0.2, 0.25) is 25.7 Å². The van der Waals surface area contributed by atoms with E-state index in [-0.39, 0.29) is 11.8 Å². The molecule has 1 aromatic heterocycles. The topological polar surface area (TPSA) is 115 Å². The molecule has 1 fully saturated rings. The SMILES string of the molecule is COc1c(-c2ccc(NC(=O)C(NC(=O)O)C3CCCCC3)cc2)c(C)nn1COCC[Si](C)(C)C. The molecular weight excluding hydrogens is 476 g/mol. The highest BCUT2D eigenvalue weighted by Gasteiger charge is 2.31. The van der Waals surface area contributed by atoms with E-state index >= 15 is 0 Å². The first-order chi connectivity index (χ1) is 17.1. The van der Waals surface area contributed by atoms with Gasteiger partial charge >= 0.3 is 6.09 Å². The fraction of sp³-hybridized carbons (Fsp3) is 0.577. The van der Waals surface area contributed by atoms with Crippen molar-refractivity contribution < 1.29 is 24.2 Å². The lowest BCUT2D eigenvalue weighted by molar-refractivity contribution is -0.119. The molecule has 1 atom stereocenters. The van der Waals surface area contributed by atoms with Gasteiger partial charge in [0.2, 0.25) is 11.8 Å². The zero-order valence-corrected chi connectivity index (χ0v) is 23.1. The fourth-order valence-electron chi connectivity index (χ4n) is 4.66. The van der Waals surface area contributed by atoms with Crippen LogP contribution in [0.15, 0.2) is 24.3 Å². The van der Waals surface area contributed by atoms with E-state index in [1.807, 2.05) is 31.2 Å². The van der Waals surface area contributed by atoms with Crippen LogP contribution < -0.4 is 15.4 Å². The van der Waals surface area contributed by atoms with Gasteiger partial charge in [-0.2, -0.15) is 5.10 Å². The molecule has 2 amide bonds. The lowest BCUT2D eigenvalue weighted by Gasteiger charge is -2.29. The van der Waals surface area contributed by atoms with E-state index in [1.54, 1.807) is 11.8 Å². The van der Waals surface area contributed by atoms with Crippen molar-refractivity contribution in [2.24, 2.45) is 5.92 Å². The molecular formula is C26H40N4O5Si. The number of carboxylic acid groups (broad SMARTS) is 1. The van der Waals surface area contributed by atoms with Gasteiger partial charge in [-0.05, 0) is 49.4 Å². The zero-order chi connectivity index (χ0) is 26.3. The Labute approximate surface area is 214 Å². The number of rotatable bonds is 11. The molecule has 0 radical (unpaired) electrons. The highest BCUT2D eigenvalue weighted by Crippen LogP contribution is 2.34. The second-order valence-electron chi connectivity index (χ2n) is 10.7. The van der Waals surface area contributed by atoms with Gasteiger partial charge in [0.05, 0.1) is 18.4 Å². The van der Waals surface area contributed by atoms with Crippen molar-refractivity contribution in [1.82, 2.24) is 15.1 Å². The van der Waals surface area contributed by atoms with Gasteiger partial charge in [-0.1, -0.05) is 51.0 Å². The summed E-state index contributed by atoms with van der Waals surface area (Å²) in [5.74, 6) is 0.314.